The first-order chi connectivity index (χ1) is 15.4. The van der Waals surface area contributed by atoms with Crippen molar-refractivity contribution in [1.29, 1.82) is 0 Å². The maximum Gasteiger partial charge on any atom is 0.295 e. The fourth-order valence-electron chi connectivity index (χ4n) is 3.73. The molecule has 2 aromatic rings. The summed E-state index contributed by atoms with van der Waals surface area (Å²) in [7, 11) is 1.54. The van der Waals surface area contributed by atoms with Crippen molar-refractivity contribution >= 4 is 17.4 Å². The van der Waals surface area contributed by atoms with Gasteiger partial charge in [-0.25, -0.2) is 0 Å². The van der Waals surface area contributed by atoms with E-state index in [-0.39, 0.29) is 24.5 Å². The Bertz CT molecular complexity index is 1010. The quantitative estimate of drug-likeness (QED) is 0.273. The molecule has 1 saturated heterocycles. The predicted octanol–water partition coefficient (Wildman–Crippen LogP) is 4.44. The second-order valence-electron chi connectivity index (χ2n) is 7.93. The van der Waals surface area contributed by atoms with Gasteiger partial charge in [-0.3, -0.25) is 9.59 Å². The fourth-order valence-corrected chi connectivity index (χ4v) is 3.73. The van der Waals surface area contributed by atoms with Gasteiger partial charge in [0.2, 0.25) is 0 Å². The van der Waals surface area contributed by atoms with Crippen LogP contribution in [0.25, 0.3) is 5.76 Å². The average molecular weight is 436 g/mol. The van der Waals surface area contributed by atoms with Crippen LogP contribution in [0, 0.1) is 0 Å². The Balaban J connectivity index is 2.06. The van der Waals surface area contributed by atoms with E-state index in [2.05, 4.69) is 20.4 Å². The van der Waals surface area contributed by atoms with E-state index in [1.165, 1.54) is 4.90 Å². The third-order valence-corrected chi connectivity index (χ3v) is 5.49. The number of hydrogen-bond acceptors (Lipinski definition) is 5. The monoisotopic (exact) mass is 435 g/mol. The van der Waals surface area contributed by atoms with Gasteiger partial charge in [-0.2, -0.15) is 0 Å². The number of hydrogen-bond donors (Lipinski definition) is 1. The van der Waals surface area contributed by atoms with Crippen molar-refractivity contribution < 1.29 is 24.2 Å². The molecule has 1 heterocycles. The second kappa shape index (κ2) is 10.3. The number of likely N-dealkylation sites (tertiary alicyclic amines) is 1. The van der Waals surface area contributed by atoms with E-state index < -0.39 is 17.7 Å². The highest BCUT2D eigenvalue weighted by Gasteiger charge is 2.45. The summed E-state index contributed by atoms with van der Waals surface area (Å²) in [5, 5.41) is 11.1. The number of nitrogens with zero attached hydrogens (tertiary/aromatic N) is 1. The molecule has 0 radical (unpaired) electrons. The highest BCUT2D eigenvalue weighted by atomic mass is 16.5. The number of rotatable bonds is 9. The minimum atomic E-state index is -0.705. The van der Waals surface area contributed by atoms with E-state index >= 15 is 0 Å². The molecule has 1 fully saturated rings. The smallest absolute Gasteiger partial charge is 0.295 e. The lowest BCUT2D eigenvalue weighted by atomic mass is 9.93. The zero-order valence-corrected chi connectivity index (χ0v) is 18.7. The molecule has 1 atom stereocenters. The lowest BCUT2D eigenvalue weighted by Gasteiger charge is -2.25. The molecule has 0 aromatic heterocycles. The van der Waals surface area contributed by atoms with Crippen LogP contribution in [0.3, 0.4) is 0 Å². The molecule has 6 nitrogen and oxygen atoms in total. The van der Waals surface area contributed by atoms with Gasteiger partial charge in [0.05, 0.1) is 18.2 Å². The molecule has 0 aliphatic carbocycles. The summed E-state index contributed by atoms with van der Waals surface area (Å²) >= 11 is 0. The van der Waals surface area contributed by atoms with E-state index in [1.54, 1.807) is 37.5 Å². The van der Waals surface area contributed by atoms with Crippen LogP contribution >= 0.6 is 0 Å². The van der Waals surface area contributed by atoms with Crippen LogP contribution in [-0.2, 0) is 14.3 Å². The van der Waals surface area contributed by atoms with Crippen LogP contribution in [-0.4, -0.2) is 48.6 Å². The molecular formula is C26H29NO5. The van der Waals surface area contributed by atoms with Crippen molar-refractivity contribution in [2.75, 3.05) is 26.9 Å². The van der Waals surface area contributed by atoms with E-state index in [9.17, 15) is 14.7 Å². The maximum atomic E-state index is 13.0. The number of ether oxygens (including phenoxy) is 2. The van der Waals surface area contributed by atoms with Crippen LogP contribution in [0.4, 0.5) is 0 Å². The van der Waals surface area contributed by atoms with Crippen LogP contribution in [0.5, 0.6) is 5.75 Å². The Morgan fingerprint density at radius 2 is 1.78 bits per heavy atom. The van der Waals surface area contributed by atoms with Crippen molar-refractivity contribution in [3.8, 4) is 5.75 Å². The van der Waals surface area contributed by atoms with Gasteiger partial charge < -0.3 is 19.5 Å². The summed E-state index contributed by atoms with van der Waals surface area (Å²) in [5.74, 6) is -0.596. The summed E-state index contributed by atoms with van der Waals surface area (Å²) in [6.07, 6.45) is 1.64. The molecule has 0 unspecified atom stereocenters. The molecule has 1 N–H and O–H groups in total. The van der Waals surface area contributed by atoms with Crippen molar-refractivity contribution in [2.24, 2.45) is 0 Å². The minimum Gasteiger partial charge on any atom is -0.507 e. The van der Waals surface area contributed by atoms with Crippen molar-refractivity contribution in [3.63, 3.8) is 0 Å². The number of aliphatic hydroxyl groups excluding tert-OH is 1. The van der Waals surface area contributed by atoms with Gasteiger partial charge >= 0.3 is 0 Å². The van der Waals surface area contributed by atoms with E-state index in [0.29, 0.717) is 23.8 Å². The number of Topliss-reactive ketones (excluding diaryl/α,β-unsaturated/α-hetero) is 1. The molecule has 3 rings (SSSR count). The lowest BCUT2D eigenvalue weighted by Crippen LogP contribution is -2.32. The van der Waals surface area contributed by atoms with E-state index in [0.717, 1.165) is 11.1 Å². The van der Waals surface area contributed by atoms with Crippen molar-refractivity contribution in [1.82, 2.24) is 4.90 Å². The molecule has 2 aromatic carbocycles. The zero-order chi connectivity index (χ0) is 23.3. The fraction of sp³-hybridized carbons (Fsp3) is 0.308. The second-order valence-corrected chi connectivity index (χ2v) is 7.93. The molecule has 1 aliphatic heterocycles. The minimum absolute atomic E-state index is 0.0724. The average Bonchev–Trinajstić information content (AvgIpc) is 3.06. The lowest BCUT2D eigenvalue weighted by molar-refractivity contribution is -0.140. The third kappa shape index (κ3) is 4.75. The molecular weight excluding hydrogens is 406 g/mol. The number of benzene rings is 2. The Morgan fingerprint density at radius 3 is 2.34 bits per heavy atom. The third-order valence-electron chi connectivity index (χ3n) is 5.49. The Labute approximate surface area is 188 Å². The summed E-state index contributed by atoms with van der Waals surface area (Å²) in [6, 6.07) is 13.8. The zero-order valence-electron chi connectivity index (χ0n) is 18.7. The van der Waals surface area contributed by atoms with Gasteiger partial charge in [0.15, 0.2) is 0 Å². The number of aliphatic hydroxyl groups is 1. The largest absolute Gasteiger partial charge is 0.507 e. The Kier molecular flexibility index (Phi) is 7.49. The first kappa shape index (κ1) is 23.3. The summed E-state index contributed by atoms with van der Waals surface area (Å²) in [4.78, 5) is 27.3. The first-order valence-electron chi connectivity index (χ1n) is 10.6. The topological polar surface area (TPSA) is 76.1 Å². The molecule has 0 spiro atoms. The van der Waals surface area contributed by atoms with Crippen LogP contribution in [0.2, 0.25) is 0 Å². The molecule has 1 aliphatic rings. The van der Waals surface area contributed by atoms with E-state index in [4.69, 9.17) is 9.47 Å². The van der Waals surface area contributed by atoms with Gasteiger partial charge in [0, 0.05) is 19.2 Å². The predicted molar refractivity (Wildman–Crippen MR) is 124 cm³/mol. The van der Waals surface area contributed by atoms with Crippen molar-refractivity contribution in [3.05, 3.63) is 83.4 Å². The van der Waals surface area contributed by atoms with E-state index in [1.807, 2.05) is 24.3 Å². The summed E-state index contributed by atoms with van der Waals surface area (Å²) in [5.41, 5.74) is 2.42. The number of carbonyl (C=O) groups is 2. The number of amides is 1. The molecule has 0 bridgehead atoms. The SMILES string of the molecule is C=CCOc1ccc(C(O)=C2C(=O)C(=O)N(CCOC)[C@H]2c2ccc(C(C)C)cc2)cc1. The number of carbonyl (C=O) groups excluding carboxylic acids is 2. The van der Waals surface area contributed by atoms with Gasteiger partial charge in [0.25, 0.3) is 11.7 Å². The number of methoxy groups -OCH3 is 1. The molecule has 1 amide bonds. The van der Waals surface area contributed by atoms with Crippen LogP contribution in [0.1, 0.15) is 42.5 Å². The van der Waals surface area contributed by atoms with Crippen LogP contribution in [0.15, 0.2) is 66.8 Å². The van der Waals surface area contributed by atoms with Crippen LogP contribution < -0.4 is 4.74 Å². The Hall–Kier alpha value is -3.38. The normalized spacial score (nSPS) is 17.8. The molecule has 32 heavy (non-hydrogen) atoms. The van der Waals surface area contributed by atoms with Gasteiger partial charge in [-0.05, 0) is 41.3 Å². The highest BCUT2D eigenvalue weighted by Crippen LogP contribution is 2.39. The maximum absolute atomic E-state index is 13.0. The summed E-state index contributed by atoms with van der Waals surface area (Å²) < 4.78 is 10.6. The van der Waals surface area contributed by atoms with Gasteiger partial charge in [-0.1, -0.05) is 50.8 Å². The summed E-state index contributed by atoms with van der Waals surface area (Å²) in [6.45, 7) is 8.70. The first-order valence-corrected chi connectivity index (χ1v) is 10.6. The molecule has 168 valence electrons. The van der Waals surface area contributed by atoms with Crippen molar-refractivity contribution in [2.45, 2.75) is 25.8 Å². The Morgan fingerprint density at radius 1 is 1.12 bits per heavy atom. The standard InChI is InChI=1S/C26H29NO5/c1-5-15-32-21-12-10-20(11-13-21)24(28)22-23(19-8-6-18(7-9-19)17(2)3)27(14-16-31-4)26(30)25(22)29/h5-13,17,23,28H,1,14-16H2,2-4H3/t23-/m0/s1. The number of ketones is 1. The van der Waals surface area contributed by atoms with Gasteiger partial charge in [0.1, 0.15) is 18.1 Å². The molecule has 0 saturated carbocycles. The highest BCUT2D eigenvalue weighted by molar-refractivity contribution is 6.46. The molecule has 6 heteroatoms. The van der Waals surface area contributed by atoms with Gasteiger partial charge in [-0.15, -0.1) is 0 Å².